The zero-order chi connectivity index (χ0) is 26.4. The maximum Gasteiger partial charge on any atom is 0.332 e. The van der Waals surface area contributed by atoms with Crippen LogP contribution in [0.4, 0.5) is 0 Å². The number of benzene rings is 2. The fourth-order valence-corrected chi connectivity index (χ4v) is 4.47. The van der Waals surface area contributed by atoms with Crippen molar-refractivity contribution in [2.24, 2.45) is 12.1 Å². The molecule has 1 aliphatic heterocycles. The Bertz CT molecular complexity index is 1460. The Morgan fingerprint density at radius 2 is 1.81 bits per heavy atom. The van der Waals surface area contributed by atoms with Gasteiger partial charge in [-0.1, -0.05) is 42.5 Å². The second-order valence-electron chi connectivity index (χ2n) is 7.88. The second-order valence-corrected chi connectivity index (χ2v) is 8.89. The molecule has 0 radical (unpaired) electrons. The first-order valence-electron chi connectivity index (χ1n) is 11.4. The van der Waals surface area contributed by atoms with Crippen LogP contribution in [0, 0.1) is 0 Å². The smallest absolute Gasteiger partial charge is 0.332 e. The molecule has 2 heterocycles. The Morgan fingerprint density at radius 1 is 1.08 bits per heavy atom. The number of para-hydroxylation sites is 1. The third-order valence-corrected chi connectivity index (χ3v) is 6.36. The topological polar surface area (TPSA) is 119 Å². The number of hydrogen-bond acceptors (Lipinski definition) is 8. The largest absolute Gasteiger partial charge is 0.483 e. The van der Waals surface area contributed by atoms with Crippen LogP contribution in [0.3, 0.4) is 0 Å². The number of rotatable bonds is 8. The number of esters is 1. The maximum absolute atomic E-state index is 13.0. The number of carbonyl (C=O) groups is 3. The molecule has 1 aromatic heterocycles. The van der Waals surface area contributed by atoms with Crippen LogP contribution >= 0.6 is 11.8 Å². The number of thioether (sulfide) groups is 1. The summed E-state index contributed by atoms with van der Waals surface area (Å²) in [5.41, 5.74) is 3.63. The summed E-state index contributed by atoms with van der Waals surface area (Å²) in [6.07, 6.45) is 1.11. The summed E-state index contributed by atoms with van der Waals surface area (Å²) in [5, 5.41) is 4.98. The lowest BCUT2D eigenvalue weighted by Gasteiger charge is -2.15. The van der Waals surface area contributed by atoms with Gasteiger partial charge >= 0.3 is 5.97 Å². The monoisotopic (exact) mass is 520 g/mol. The fourth-order valence-electron chi connectivity index (χ4n) is 3.57. The van der Waals surface area contributed by atoms with E-state index >= 15 is 0 Å². The number of aromatic nitrogens is 1. The zero-order valence-corrected chi connectivity index (χ0v) is 21.0. The fraction of sp³-hybridized carbons (Fsp3) is 0.192. The number of hydrazone groups is 1. The van der Waals surface area contributed by atoms with Crippen LogP contribution in [-0.2, 0) is 32.7 Å². The van der Waals surface area contributed by atoms with Gasteiger partial charge in [-0.25, -0.2) is 10.2 Å². The normalized spacial score (nSPS) is 15.4. The lowest BCUT2D eigenvalue weighted by molar-refractivity contribution is -0.137. The number of nitrogens with one attached hydrogen (secondary N) is 1. The third kappa shape index (κ3) is 6.07. The van der Waals surface area contributed by atoms with Gasteiger partial charge in [-0.3, -0.25) is 19.3 Å². The lowest BCUT2D eigenvalue weighted by atomic mass is 10.2. The minimum absolute atomic E-state index is 0.130. The standard InChI is InChI=1S/C26H24N4O6S/c1-3-35-24(33)14-21-25(34)30(15-17-9-5-4-6-10-17)26(37-21)28-27-22(31)16-36-20-13-23(32)29(2)19-12-8-7-11-18(19)20/h4-14H,3,15-16H2,1-2H3,(H,27,31)/b21-14+,28-26+. The van der Waals surface area contributed by atoms with Crippen LogP contribution in [0.2, 0.25) is 0 Å². The van der Waals surface area contributed by atoms with Gasteiger partial charge in [0, 0.05) is 24.6 Å². The van der Waals surface area contributed by atoms with Gasteiger partial charge in [0.25, 0.3) is 17.4 Å². The number of amides is 2. The summed E-state index contributed by atoms with van der Waals surface area (Å²) in [4.78, 5) is 51.1. The molecule has 0 spiro atoms. The molecule has 0 saturated carbocycles. The average molecular weight is 521 g/mol. The van der Waals surface area contributed by atoms with Crippen molar-refractivity contribution in [3.05, 3.63) is 87.6 Å². The highest BCUT2D eigenvalue weighted by Gasteiger charge is 2.34. The molecule has 10 nitrogen and oxygen atoms in total. The van der Waals surface area contributed by atoms with Gasteiger partial charge in [0.05, 0.1) is 23.6 Å². The van der Waals surface area contributed by atoms with Gasteiger partial charge in [0.15, 0.2) is 11.8 Å². The van der Waals surface area contributed by atoms with Crippen LogP contribution in [0.5, 0.6) is 5.75 Å². The molecule has 1 fully saturated rings. The quantitative estimate of drug-likeness (QED) is 0.275. The molecule has 190 valence electrons. The van der Waals surface area contributed by atoms with Crippen molar-refractivity contribution < 1.29 is 23.9 Å². The number of aryl methyl sites for hydroxylation is 1. The molecule has 3 aromatic rings. The van der Waals surface area contributed by atoms with E-state index in [-0.39, 0.29) is 34.5 Å². The highest BCUT2D eigenvalue weighted by molar-refractivity contribution is 8.18. The van der Waals surface area contributed by atoms with Crippen molar-refractivity contribution in [3.8, 4) is 5.75 Å². The van der Waals surface area contributed by atoms with Crippen LogP contribution in [0.25, 0.3) is 10.9 Å². The number of ether oxygens (including phenoxy) is 2. The molecule has 4 rings (SSSR count). The Hall–Kier alpha value is -4.38. The zero-order valence-electron chi connectivity index (χ0n) is 20.2. The summed E-state index contributed by atoms with van der Waals surface area (Å²) < 4.78 is 12.0. The molecule has 2 amide bonds. The minimum atomic E-state index is -0.641. The highest BCUT2D eigenvalue weighted by atomic mass is 32.2. The van der Waals surface area contributed by atoms with Gasteiger partial charge < -0.3 is 14.0 Å². The third-order valence-electron chi connectivity index (χ3n) is 5.36. The molecular formula is C26H24N4O6S. The maximum atomic E-state index is 13.0. The first-order chi connectivity index (χ1) is 17.9. The molecule has 1 N–H and O–H groups in total. The van der Waals surface area contributed by atoms with Gasteiger partial charge in [-0.05, 0) is 36.4 Å². The van der Waals surface area contributed by atoms with Crippen LogP contribution in [0.15, 0.2) is 81.5 Å². The molecule has 1 aliphatic rings. The number of nitrogens with zero attached hydrogens (tertiary/aromatic N) is 3. The SMILES string of the molecule is CCOC(=O)/C=C1/S/C(=N/NC(=O)COc2cc(=O)n(C)c3ccccc23)N(Cc2ccccc2)C1=O. The van der Waals surface area contributed by atoms with E-state index in [9.17, 15) is 19.2 Å². The van der Waals surface area contributed by atoms with Crippen molar-refractivity contribution in [1.29, 1.82) is 0 Å². The Kier molecular flexibility index (Phi) is 8.04. The van der Waals surface area contributed by atoms with Crippen molar-refractivity contribution in [2.75, 3.05) is 13.2 Å². The number of fused-ring (bicyclic) bond motifs is 1. The molecule has 1 saturated heterocycles. The van der Waals surface area contributed by atoms with E-state index in [1.807, 2.05) is 36.4 Å². The summed E-state index contributed by atoms with van der Waals surface area (Å²) in [5.74, 6) is -1.39. The summed E-state index contributed by atoms with van der Waals surface area (Å²) >= 11 is 0.949. The van der Waals surface area contributed by atoms with Gasteiger partial charge in [-0.15, -0.1) is 5.10 Å². The lowest BCUT2D eigenvalue weighted by Crippen LogP contribution is -2.32. The van der Waals surface area contributed by atoms with E-state index in [2.05, 4.69) is 10.5 Å². The molecular weight excluding hydrogens is 496 g/mol. The molecule has 11 heteroatoms. The van der Waals surface area contributed by atoms with E-state index in [1.54, 1.807) is 32.2 Å². The molecule has 0 atom stereocenters. The Morgan fingerprint density at radius 3 is 2.57 bits per heavy atom. The van der Waals surface area contributed by atoms with Crippen molar-refractivity contribution in [3.63, 3.8) is 0 Å². The summed E-state index contributed by atoms with van der Waals surface area (Å²) in [6, 6.07) is 17.8. The number of carbonyl (C=O) groups excluding carboxylic acids is 3. The first kappa shape index (κ1) is 25.7. The van der Waals surface area contributed by atoms with Crippen molar-refractivity contribution in [1.82, 2.24) is 14.9 Å². The van der Waals surface area contributed by atoms with E-state index in [0.717, 1.165) is 23.4 Å². The molecule has 2 aromatic carbocycles. The van der Waals surface area contributed by atoms with E-state index < -0.39 is 24.4 Å². The van der Waals surface area contributed by atoms with E-state index in [1.165, 1.54) is 15.5 Å². The number of hydrogen-bond donors (Lipinski definition) is 1. The van der Waals surface area contributed by atoms with Crippen molar-refractivity contribution >= 4 is 45.6 Å². The summed E-state index contributed by atoms with van der Waals surface area (Å²) in [7, 11) is 1.66. The number of amidine groups is 1. The molecule has 0 aliphatic carbocycles. The van der Waals surface area contributed by atoms with Gasteiger partial charge in [0.2, 0.25) is 0 Å². The second kappa shape index (κ2) is 11.6. The summed E-state index contributed by atoms with van der Waals surface area (Å²) in [6.45, 7) is 1.63. The van der Waals surface area contributed by atoms with E-state index in [4.69, 9.17) is 9.47 Å². The first-order valence-corrected chi connectivity index (χ1v) is 12.2. The van der Waals surface area contributed by atoms with Gasteiger partial charge in [0.1, 0.15) is 5.75 Å². The van der Waals surface area contributed by atoms with Gasteiger partial charge in [-0.2, -0.15) is 0 Å². The van der Waals surface area contributed by atoms with Crippen molar-refractivity contribution in [2.45, 2.75) is 13.5 Å². The highest BCUT2D eigenvalue weighted by Crippen LogP contribution is 2.32. The van der Waals surface area contributed by atoms with E-state index in [0.29, 0.717) is 10.9 Å². The Balaban J connectivity index is 1.50. The number of pyridine rings is 1. The minimum Gasteiger partial charge on any atom is -0.483 e. The van der Waals surface area contributed by atoms with Crippen LogP contribution < -0.4 is 15.7 Å². The predicted octanol–water partition coefficient (Wildman–Crippen LogP) is 2.53. The predicted molar refractivity (Wildman–Crippen MR) is 140 cm³/mol. The van der Waals surface area contributed by atoms with Crippen LogP contribution in [0.1, 0.15) is 12.5 Å². The van der Waals surface area contributed by atoms with Crippen LogP contribution in [-0.4, -0.2) is 45.6 Å². The molecule has 0 unspecified atom stereocenters. The average Bonchev–Trinajstić information content (AvgIpc) is 3.18. The molecule has 0 bridgehead atoms. The molecule has 37 heavy (non-hydrogen) atoms. The Labute approximate surface area is 216 Å².